The summed E-state index contributed by atoms with van der Waals surface area (Å²) in [6.07, 6.45) is 3.06. The van der Waals surface area contributed by atoms with Gasteiger partial charge in [0, 0.05) is 22.3 Å². The molecule has 2 aromatic carbocycles. The summed E-state index contributed by atoms with van der Waals surface area (Å²) >= 11 is 6.01. The first-order valence-corrected chi connectivity index (χ1v) is 9.99. The lowest BCUT2D eigenvalue weighted by atomic mass is 10.0. The Morgan fingerprint density at radius 2 is 1.91 bits per heavy atom. The Morgan fingerprint density at radius 1 is 1.09 bits per heavy atom. The number of rotatable bonds is 7. The number of anilines is 1. The van der Waals surface area contributed by atoms with Gasteiger partial charge in [-0.15, -0.1) is 0 Å². The van der Waals surface area contributed by atoms with Crippen LogP contribution in [-0.4, -0.2) is 35.3 Å². The van der Waals surface area contributed by atoms with Crippen LogP contribution in [0.2, 0.25) is 5.02 Å². The minimum atomic E-state index is -0.314. The molecule has 4 rings (SSSR count). The van der Waals surface area contributed by atoms with Crippen molar-refractivity contribution in [3.05, 3.63) is 71.6 Å². The number of hydrogen-bond acceptors (Lipinski definition) is 7. The molecule has 4 aromatic rings. The summed E-state index contributed by atoms with van der Waals surface area (Å²) in [5.41, 5.74) is 3.06. The highest BCUT2D eigenvalue weighted by molar-refractivity contribution is 6.30. The molecule has 162 valence electrons. The normalized spacial score (nSPS) is 10.6. The van der Waals surface area contributed by atoms with Crippen molar-refractivity contribution in [2.24, 2.45) is 0 Å². The summed E-state index contributed by atoms with van der Waals surface area (Å²) < 4.78 is 16.1. The molecule has 0 atom stereocenters. The van der Waals surface area contributed by atoms with Gasteiger partial charge in [-0.05, 0) is 36.4 Å². The highest BCUT2D eigenvalue weighted by Gasteiger charge is 2.22. The smallest absolute Gasteiger partial charge is 0.241 e. The third-order valence-electron chi connectivity index (χ3n) is 4.74. The van der Waals surface area contributed by atoms with Gasteiger partial charge in [0.1, 0.15) is 23.5 Å². The van der Waals surface area contributed by atoms with Crippen LogP contribution in [0.25, 0.3) is 22.5 Å². The minimum absolute atomic E-state index is 0.0422. The van der Waals surface area contributed by atoms with Crippen LogP contribution < -0.4 is 14.8 Å². The number of carbonyl (C=O) groups excluding carboxylic acids is 1. The fourth-order valence-corrected chi connectivity index (χ4v) is 3.35. The van der Waals surface area contributed by atoms with Gasteiger partial charge in [0.2, 0.25) is 11.8 Å². The number of nitrogens with zero attached hydrogens (tertiary/aromatic N) is 3. The Balaban J connectivity index is 1.67. The van der Waals surface area contributed by atoms with Gasteiger partial charge in [-0.1, -0.05) is 28.9 Å². The lowest BCUT2D eigenvalue weighted by molar-refractivity contribution is -0.115. The largest absolute Gasteiger partial charge is 0.497 e. The third-order valence-corrected chi connectivity index (χ3v) is 4.99. The zero-order chi connectivity index (χ0) is 22.5. The molecule has 8 nitrogen and oxygen atoms in total. The van der Waals surface area contributed by atoms with Gasteiger partial charge in [0.25, 0.3) is 0 Å². The lowest BCUT2D eigenvalue weighted by Crippen LogP contribution is -2.15. The van der Waals surface area contributed by atoms with Crippen LogP contribution in [0.5, 0.6) is 11.5 Å². The van der Waals surface area contributed by atoms with Crippen molar-refractivity contribution in [3.63, 3.8) is 0 Å². The monoisotopic (exact) mass is 450 g/mol. The van der Waals surface area contributed by atoms with Crippen LogP contribution in [-0.2, 0) is 11.2 Å². The molecule has 0 fully saturated rings. The molecule has 0 aliphatic carbocycles. The fraction of sp³-hybridized carbons (Fsp3) is 0.130. The predicted octanol–water partition coefficient (Wildman–Crippen LogP) is 4.65. The number of carbonyl (C=O) groups is 1. The van der Waals surface area contributed by atoms with Gasteiger partial charge in [0.15, 0.2) is 0 Å². The van der Waals surface area contributed by atoms with Crippen molar-refractivity contribution in [2.45, 2.75) is 6.42 Å². The molecule has 0 unspecified atom stereocenters. The summed E-state index contributed by atoms with van der Waals surface area (Å²) in [6.45, 7) is 0. The van der Waals surface area contributed by atoms with E-state index in [1.807, 2.05) is 12.1 Å². The standard InChI is InChI=1S/C23H19ClN4O4/c1-30-17-7-8-19(31-2)15(11-17)12-20(29)27-23-21(18-9-10-25-13-26-18)22(28-32-23)14-3-5-16(24)6-4-14/h3-11,13H,12H2,1-2H3,(H,27,29). The summed E-state index contributed by atoms with van der Waals surface area (Å²) in [7, 11) is 3.11. The Morgan fingerprint density at radius 3 is 2.59 bits per heavy atom. The molecular weight excluding hydrogens is 432 g/mol. The van der Waals surface area contributed by atoms with Crippen LogP contribution in [0.3, 0.4) is 0 Å². The molecule has 1 N–H and O–H groups in total. The number of methoxy groups -OCH3 is 2. The van der Waals surface area contributed by atoms with Crippen LogP contribution in [0.15, 0.2) is 65.6 Å². The first-order valence-electron chi connectivity index (χ1n) is 9.61. The maximum Gasteiger partial charge on any atom is 0.241 e. The van der Waals surface area contributed by atoms with Crippen LogP contribution in [0.4, 0.5) is 5.88 Å². The zero-order valence-corrected chi connectivity index (χ0v) is 18.1. The Hall–Kier alpha value is -3.91. The third kappa shape index (κ3) is 4.55. The van der Waals surface area contributed by atoms with Gasteiger partial charge in [-0.3, -0.25) is 10.1 Å². The van der Waals surface area contributed by atoms with Gasteiger partial charge >= 0.3 is 0 Å². The zero-order valence-electron chi connectivity index (χ0n) is 17.3. The average molecular weight is 451 g/mol. The number of hydrogen-bond donors (Lipinski definition) is 1. The summed E-state index contributed by atoms with van der Waals surface area (Å²) in [5.74, 6) is 1.07. The van der Waals surface area contributed by atoms with E-state index in [0.717, 1.165) is 5.56 Å². The Labute approximate surface area is 189 Å². The molecule has 0 spiro atoms. The van der Waals surface area contributed by atoms with E-state index in [4.69, 9.17) is 25.6 Å². The van der Waals surface area contributed by atoms with E-state index in [9.17, 15) is 4.79 Å². The maximum absolute atomic E-state index is 12.9. The first-order chi connectivity index (χ1) is 15.6. The van der Waals surface area contributed by atoms with E-state index in [-0.39, 0.29) is 18.2 Å². The number of benzene rings is 2. The maximum atomic E-state index is 12.9. The quantitative estimate of drug-likeness (QED) is 0.437. The van der Waals surface area contributed by atoms with E-state index in [1.165, 1.54) is 6.33 Å². The molecule has 0 aliphatic rings. The van der Waals surface area contributed by atoms with Gasteiger partial charge in [0.05, 0.1) is 31.9 Å². The summed E-state index contributed by atoms with van der Waals surface area (Å²) in [5, 5.41) is 7.57. The first kappa shape index (κ1) is 21.3. The Bertz CT molecular complexity index is 1230. The topological polar surface area (TPSA) is 99.4 Å². The lowest BCUT2D eigenvalue weighted by Gasteiger charge is -2.10. The minimum Gasteiger partial charge on any atom is -0.497 e. The number of halogens is 1. The number of nitrogens with one attached hydrogen (secondary N) is 1. The van der Waals surface area contributed by atoms with Crippen molar-refractivity contribution >= 4 is 23.4 Å². The van der Waals surface area contributed by atoms with Crippen molar-refractivity contribution in [3.8, 4) is 34.0 Å². The van der Waals surface area contributed by atoms with Crippen LogP contribution >= 0.6 is 11.6 Å². The second-order valence-corrected chi connectivity index (χ2v) is 7.18. The molecule has 2 aromatic heterocycles. The highest BCUT2D eigenvalue weighted by atomic mass is 35.5. The molecule has 32 heavy (non-hydrogen) atoms. The van der Waals surface area contributed by atoms with Gasteiger partial charge < -0.3 is 14.0 Å². The second kappa shape index (κ2) is 9.49. The van der Waals surface area contributed by atoms with Crippen molar-refractivity contribution in [1.82, 2.24) is 15.1 Å². The molecule has 0 aliphatic heterocycles. The molecule has 1 amide bonds. The van der Waals surface area contributed by atoms with Crippen LogP contribution in [0, 0.1) is 0 Å². The van der Waals surface area contributed by atoms with E-state index in [1.54, 1.807) is 56.8 Å². The number of amides is 1. The van der Waals surface area contributed by atoms with E-state index < -0.39 is 0 Å². The van der Waals surface area contributed by atoms with E-state index in [0.29, 0.717) is 39.0 Å². The van der Waals surface area contributed by atoms with Crippen molar-refractivity contribution < 1.29 is 18.8 Å². The molecule has 0 radical (unpaired) electrons. The SMILES string of the molecule is COc1ccc(OC)c(CC(=O)Nc2onc(-c3ccc(Cl)cc3)c2-c2ccncn2)c1. The van der Waals surface area contributed by atoms with E-state index in [2.05, 4.69) is 20.4 Å². The molecular formula is C23H19ClN4O4. The number of ether oxygens (including phenoxy) is 2. The molecule has 9 heteroatoms. The second-order valence-electron chi connectivity index (χ2n) is 6.74. The highest BCUT2D eigenvalue weighted by Crippen LogP contribution is 2.37. The summed E-state index contributed by atoms with van der Waals surface area (Å²) in [4.78, 5) is 21.1. The predicted molar refractivity (Wildman–Crippen MR) is 120 cm³/mol. The average Bonchev–Trinajstić information content (AvgIpc) is 3.23. The van der Waals surface area contributed by atoms with Crippen LogP contribution in [0.1, 0.15) is 5.56 Å². The summed E-state index contributed by atoms with van der Waals surface area (Å²) in [6, 6.07) is 14.1. The Kier molecular flexibility index (Phi) is 6.32. The number of aromatic nitrogens is 3. The molecule has 0 saturated heterocycles. The van der Waals surface area contributed by atoms with Gasteiger partial charge in [-0.2, -0.15) is 0 Å². The molecule has 0 bridgehead atoms. The fourth-order valence-electron chi connectivity index (χ4n) is 3.22. The van der Waals surface area contributed by atoms with E-state index >= 15 is 0 Å². The van der Waals surface area contributed by atoms with Gasteiger partial charge in [-0.25, -0.2) is 9.97 Å². The molecule has 0 saturated carbocycles. The van der Waals surface area contributed by atoms with Crippen molar-refractivity contribution in [1.29, 1.82) is 0 Å². The molecule has 2 heterocycles. The van der Waals surface area contributed by atoms with Crippen molar-refractivity contribution in [2.75, 3.05) is 19.5 Å².